The largest absolute Gasteiger partial charge is 0.399 e. The van der Waals surface area contributed by atoms with Gasteiger partial charge in [0.1, 0.15) is 7.11 Å². The lowest BCUT2D eigenvalue weighted by atomic mass is 10.1. The van der Waals surface area contributed by atoms with Crippen LogP contribution in [0.5, 0.6) is 0 Å². The molecule has 0 aliphatic rings. The fourth-order valence-corrected chi connectivity index (χ4v) is 1.92. The number of nitrogens with one attached hydrogen (secondary N) is 1. The van der Waals surface area contributed by atoms with Crippen LogP contribution in [0.3, 0.4) is 0 Å². The van der Waals surface area contributed by atoms with Crippen molar-refractivity contribution in [2.45, 2.75) is 6.92 Å². The van der Waals surface area contributed by atoms with Gasteiger partial charge >= 0.3 is 0 Å². The number of benzene rings is 2. The number of hydrogen-bond donors (Lipinski definition) is 1. The van der Waals surface area contributed by atoms with Gasteiger partial charge in [-0.1, -0.05) is 23.4 Å². The van der Waals surface area contributed by atoms with E-state index in [2.05, 4.69) is 15.3 Å². The number of oxime groups is 1. The van der Waals surface area contributed by atoms with E-state index in [4.69, 9.17) is 0 Å². The van der Waals surface area contributed by atoms with Crippen molar-refractivity contribution in [1.29, 1.82) is 0 Å². The van der Waals surface area contributed by atoms with Crippen LogP contribution in [-0.2, 0) is 4.84 Å². The molecule has 0 saturated carbocycles. The third kappa shape index (κ3) is 4.13. The zero-order valence-corrected chi connectivity index (χ0v) is 12.6. The Labute approximate surface area is 132 Å². The quantitative estimate of drug-likeness (QED) is 0.521. The van der Waals surface area contributed by atoms with Gasteiger partial charge in [-0.3, -0.25) is 14.9 Å². The molecule has 0 unspecified atom stereocenters. The SMILES string of the molecule is CO/N=C/c1ccc(C(=O)Nc2ccc(C)c([N+](=O)[O-])c2)cc1. The summed E-state index contributed by atoms with van der Waals surface area (Å²) in [6.07, 6.45) is 1.52. The van der Waals surface area contributed by atoms with E-state index in [0.717, 1.165) is 5.56 Å². The number of carbonyl (C=O) groups is 1. The van der Waals surface area contributed by atoms with Gasteiger partial charge < -0.3 is 10.2 Å². The standard InChI is InChI=1S/C16H15N3O4/c1-11-3-8-14(9-15(11)19(21)22)18-16(20)13-6-4-12(5-7-13)10-17-23-2/h3-10H,1-2H3,(H,18,20)/b17-10+. The first-order valence-electron chi connectivity index (χ1n) is 6.74. The molecule has 7 nitrogen and oxygen atoms in total. The number of nitrogens with zero attached hydrogens (tertiary/aromatic N) is 2. The summed E-state index contributed by atoms with van der Waals surface area (Å²) in [6.45, 7) is 1.64. The molecule has 0 saturated heterocycles. The van der Waals surface area contributed by atoms with Gasteiger partial charge in [-0.2, -0.15) is 0 Å². The first-order valence-corrected chi connectivity index (χ1v) is 6.74. The van der Waals surface area contributed by atoms with E-state index < -0.39 is 4.92 Å². The maximum absolute atomic E-state index is 12.2. The summed E-state index contributed by atoms with van der Waals surface area (Å²) in [4.78, 5) is 27.2. The molecule has 0 atom stereocenters. The van der Waals surface area contributed by atoms with Gasteiger partial charge in [-0.25, -0.2) is 0 Å². The van der Waals surface area contributed by atoms with Crippen LogP contribution in [0.2, 0.25) is 0 Å². The summed E-state index contributed by atoms with van der Waals surface area (Å²) in [5.41, 5.74) is 2.10. The molecule has 2 aromatic rings. The molecular weight excluding hydrogens is 298 g/mol. The number of hydrogen-bond acceptors (Lipinski definition) is 5. The molecule has 23 heavy (non-hydrogen) atoms. The van der Waals surface area contributed by atoms with Crippen molar-refractivity contribution < 1.29 is 14.6 Å². The van der Waals surface area contributed by atoms with Crippen LogP contribution < -0.4 is 5.32 Å². The number of aryl methyl sites for hydroxylation is 1. The molecule has 0 bridgehead atoms. The summed E-state index contributed by atoms with van der Waals surface area (Å²) in [5.74, 6) is -0.349. The minimum atomic E-state index is -0.477. The third-order valence-electron chi connectivity index (χ3n) is 3.14. The van der Waals surface area contributed by atoms with Gasteiger partial charge in [-0.15, -0.1) is 0 Å². The normalized spacial score (nSPS) is 10.5. The molecular formula is C16H15N3O4. The monoisotopic (exact) mass is 313 g/mol. The van der Waals surface area contributed by atoms with Gasteiger partial charge in [0.05, 0.1) is 11.1 Å². The maximum atomic E-state index is 12.2. The average molecular weight is 313 g/mol. The molecule has 0 spiro atoms. The third-order valence-corrected chi connectivity index (χ3v) is 3.14. The van der Waals surface area contributed by atoms with Gasteiger partial charge in [0.15, 0.2) is 0 Å². The molecule has 0 fully saturated rings. The molecule has 0 aromatic heterocycles. The van der Waals surface area contributed by atoms with Crippen molar-refractivity contribution in [3.63, 3.8) is 0 Å². The molecule has 2 aromatic carbocycles. The van der Waals surface area contributed by atoms with Crippen molar-refractivity contribution in [3.05, 3.63) is 69.3 Å². The van der Waals surface area contributed by atoms with Gasteiger partial charge in [0.2, 0.25) is 0 Å². The van der Waals surface area contributed by atoms with Gasteiger partial charge in [0, 0.05) is 22.9 Å². The maximum Gasteiger partial charge on any atom is 0.274 e. The van der Waals surface area contributed by atoms with Crippen LogP contribution in [0.1, 0.15) is 21.5 Å². The zero-order valence-electron chi connectivity index (χ0n) is 12.6. The summed E-state index contributed by atoms with van der Waals surface area (Å²) in [6, 6.07) is 11.3. The minimum Gasteiger partial charge on any atom is -0.399 e. The lowest BCUT2D eigenvalue weighted by Crippen LogP contribution is -2.12. The molecule has 7 heteroatoms. The smallest absolute Gasteiger partial charge is 0.274 e. The Morgan fingerprint density at radius 2 is 1.96 bits per heavy atom. The highest BCUT2D eigenvalue weighted by atomic mass is 16.6. The van der Waals surface area contributed by atoms with Crippen LogP contribution in [0.15, 0.2) is 47.6 Å². The summed E-state index contributed by atoms with van der Waals surface area (Å²) in [7, 11) is 1.44. The van der Waals surface area contributed by atoms with E-state index in [-0.39, 0.29) is 11.6 Å². The summed E-state index contributed by atoms with van der Waals surface area (Å²) < 4.78 is 0. The predicted molar refractivity (Wildman–Crippen MR) is 86.8 cm³/mol. The molecule has 118 valence electrons. The lowest BCUT2D eigenvalue weighted by Gasteiger charge is -2.06. The van der Waals surface area contributed by atoms with E-state index in [1.807, 2.05) is 0 Å². The topological polar surface area (TPSA) is 93.8 Å². The van der Waals surface area contributed by atoms with Crippen LogP contribution >= 0.6 is 0 Å². The van der Waals surface area contributed by atoms with E-state index in [9.17, 15) is 14.9 Å². The second kappa shape index (κ2) is 7.17. The molecule has 2 rings (SSSR count). The lowest BCUT2D eigenvalue weighted by molar-refractivity contribution is -0.385. The molecule has 1 amide bonds. The Morgan fingerprint density at radius 3 is 2.57 bits per heavy atom. The Balaban J connectivity index is 2.14. The van der Waals surface area contributed by atoms with Crippen LogP contribution in [0.4, 0.5) is 11.4 Å². The highest BCUT2D eigenvalue weighted by Crippen LogP contribution is 2.22. The van der Waals surface area contributed by atoms with E-state index >= 15 is 0 Å². The van der Waals surface area contributed by atoms with E-state index in [1.165, 1.54) is 19.4 Å². The number of carbonyl (C=O) groups excluding carboxylic acids is 1. The molecule has 0 aliphatic heterocycles. The number of rotatable bonds is 5. The minimum absolute atomic E-state index is 0.0334. The fourth-order valence-electron chi connectivity index (χ4n) is 1.92. The zero-order chi connectivity index (χ0) is 16.8. The van der Waals surface area contributed by atoms with Crippen LogP contribution in [-0.4, -0.2) is 24.2 Å². The Bertz CT molecular complexity index is 754. The number of anilines is 1. The predicted octanol–water partition coefficient (Wildman–Crippen LogP) is 3.14. The number of nitro groups is 1. The molecule has 0 aliphatic carbocycles. The summed E-state index contributed by atoms with van der Waals surface area (Å²) in [5, 5.41) is 17.2. The van der Waals surface area contributed by atoms with Crippen molar-refractivity contribution in [3.8, 4) is 0 Å². The molecule has 0 radical (unpaired) electrons. The van der Waals surface area contributed by atoms with E-state index in [1.54, 1.807) is 43.3 Å². The van der Waals surface area contributed by atoms with Gasteiger partial charge in [-0.05, 0) is 30.7 Å². The highest BCUT2D eigenvalue weighted by Gasteiger charge is 2.13. The van der Waals surface area contributed by atoms with Gasteiger partial charge in [0.25, 0.3) is 11.6 Å². The van der Waals surface area contributed by atoms with Crippen molar-refractivity contribution >= 4 is 23.5 Å². The Morgan fingerprint density at radius 1 is 1.26 bits per heavy atom. The summed E-state index contributed by atoms with van der Waals surface area (Å²) >= 11 is 0. The molecule has 1 N–H and O–H groups in total. The second-order valence-corrected chi connectivity index (χ2v) is 4.75. The van der Waals surface area contributed by atoms with Crippen LogP contribution in [0, 0.1) is 17.0 Å². The van der Waals surface area contributed by atoms with Crippen molar-refractivity contribution in [1.82, 2.24) is 0 Å². The fraction of sp³-hybridized carbons (Fsp3) is 0.125. The number of nitro benzene ring substituents is 1. The van der Waals surface area contributed by atoms with E-state index in [0.29, 0.717) is 16.8 Å². The Kier molecular flexibility index (Phi) is 5.03. The second-order valence-electron chi connectivity index (χ2n) is 4.75. The first kappa shape index (κ1) is 16.2. The highest BCUT2D eigenvalue weighted by molar-refractivity contribution is 6.04. The van der Waals surface area contributed by atoms with Crippen molar-refractivity contribution in [2.75, 3.05) is 12.4 Å². The average Bonchev–Trinajstić information content (AvgIpc) is 2.54. The molecule has 0 heterocycles. The number of amides is 1. The van der Waals surface area contributed by atoms with Crippen molar-refractivity contribution in [2.24, 2.45) is 5.16 Å². The first-order chi connectivity index (χ1) is 11.0. The Hall–Kier alpha value is -3.22. The van der Waals surface area contributed by atoms with Crippen LogP contribution in [0.25, 0.3) is 0 Å².